The van der Waals surface area contributed by atoms with Crippen LogP contribution >= 0.6 is 11.3 Å². The van der Waals surface area contributed by atoms with E-state index in [4.69, 9.17) is 4.42 Å². The van der Waals surface area contributed by atoms with E-state index in [1.807, 2.05) is 0 Å². The maximum absolute atomic E-state index is 12.5. The fourth-order valence-electron chi connectivity index (χ4n) is 2.08. The highest BCUT2D eigenvalue weighted by Gasteiger charge is 2.34. The highest BCUT2D eigenvalue weighted by atomic mass is 32.1. The summed E-state index contributed by atoms with van der Waals surface area (Å²) in [6.45, 7) is -0.565. The number of amides is 1. The summed E-state index contributed by atoms with van der Waals surface area (Å²) in [6, 6.07) is 3.39. The fourth-order valence-corrected chi connectivity index (χ4v) is 2.82. The second-order valence-corrected chi connectivity index (χ2v) is 5.81. The van der Waals surface area contributed by atoms with Crippen LogP contribution in [-0.4, -0.2) is 20.4 Å². The number of carbonyl (C=O) groups is 1. The lowest BCUT2D eigenvalue weighted by atomic mass is 10.3. The van der Waals surface area contributed by atoms with Gasteiger partial charge in [0.15, 0.2) is 16.4 Å². The smallest absolute Gasteiger partial charge is 0.407 e. The normalized spacial score (nSPS) is 11.7. The van der Waals surface area contributed by atoms with Crippen LogP contribution in [0.5, 0.6) is 0 Å². The Morgan fingerprint density at radius 3 is 2.77 bits per heavy atom. The molecule has 1 amide bonds. The first-order chi connectivity index (χ1) is 12.1. The van der Waals surface area contributed by atoms with E-state index in [-0.39, 0.29) is 21.9 Å². The molecule has 1 aromatic carbocycles. The molecule has 2 aromatic heterocycles. The second kappa shape index (κ2) is 6.25. The van der Waals surface area contributed by atoms with E-state index in [9.17, 15) is 32.9 Å². The van der Waals surface area contributed by atoms with Gasteiger partial charge >= 0.3 is 11.9 Å². The van der Waals surface area contributed by atoms with Gasteiger partial charge in [0.05, 0.1) is 16.5 Å². The number of benzene rings is 1. The van der Waals surface area contributed by atoms with E-state index in [2.05, 4.69) is 10.3 Å². The van der Waals surface area contributed by atoms with E-state index < -0.39 is 35.0 Å². The van der Waals surface area contributed by atoms with Crippen molar-refractivity contribution in [3.63, 3.8) is 0 Å². The Morgan fingerprint density at radius 2 is 2.15 bits per heavy atom. The van der Waals surface area contributed by atoms with Gasteiger partial charge < -0.3 is 9.73 Å². The third-order valence-corrected chi connectivity index (χ3v) is 3.96. The van der Waals surface area contributed by atoms with Gasteiger partial charge in [0.1, 0.15) is 6.54 Å². The summed E-state index contributed by atoms with van der Waals surface area (Å²) in [4.78, 5) is 37.1. The number of nitro groups is 1. The average molecular weight is 388 g/mol. The van der Waals surface area contributed by atoms with E-state index >= 15 is 0 Å². The summed E-state index contributed by atoms with van der Waals surface area (Å²) in [5.41, 5.74) is -1.40. The van der Waals surface area contributed by atoms with Crippen molar-refractivity contribution < 1.29 is 27.3 Å². The molecular weight excluding hydrogens is 381 g/mol. The highest BCUT2D eigenvalue weighted by Crippen LogP contribution is 2.31. The summed E-state index contributed by atoms with van der Waals surface area (Å²) in [6.07, 6.45) is -4.63. The number of halogens is 3. The number of nitro benzene ring substituents is 1. The number of oxazole rings is 1. The SMILES string of the molecule is O=C(Cn1c(=O)oc2cc([N+](=O)[O-])ccc21)Nc1nc(C(F)(F)F)cs1. The number of non-ortho nitro benzene ring substituents is 1. The maximum Gasteiger partial charge on any atom is 0.434 e. The summed E-state index contributed by atoms with van der Waals surface area (Å²) < 4.78 is 43.2. The Labute approximate surface area is 144 Å². The molecule has 26 heavy (non-hydrogen) atoms. The number of hydrogen-bond acceptors (Lipinski definition) is 7. The minimum atomic E-state index is -4.63. The van der Waals surface area contributed by atoms with Crippen LogP contribution in [0, 0.1) is 10.1 Å². The van der Waals surface area contributed by atoms with Crippen LogP contribution in [-0.2, 0) is 17.5 Å². The van der Waals surface area contributed by atoms with Crippen molar-refractivity contribution in [2.45, 2.75) is 12.7 Å². The molecule has 0 aliphatic rings. The van der Waals surface area contributed by atoms with Crippen molar-refractivity contribution in [2.75, 3.05) is 5.32 Å². The van der Waals surface area contributed by atoms with Crippen molar-refractivity contribution in [1.82, 2.24) is 9.55 Å². The minimum Gasteiger partial charge on any atom is -0.407 e. The van der Waals surface area contributed by atoms with Crippen molar-refractivity contribution in [1.29, 1.82) is 0 Å². The lowest BCUT2D eigenvalue weighted by Gasteiger charge is -2.03. The molecule has 0 fully saturated rings. The van der Waals surface area contributed by atoms with Crippen molar-refractivity contribution in [3.05, 3.63) is 49.9 Å². The standard InChI is InChI=1S/C13H7F3N4O5S/c14-13(15,16)9-5-26-11(17-9)18-10(21)4-19-7-2-1-6(20(23)24)3-8(7)25-12(19)22/h1-3,5H,4H2,(H,17,18,21). The number of aromatic nitrogens is 2. The summed E-state index contributed by atoms with van der Waals surface area (Å²) in [5.74, 6) is -1.75. The fraction of sp³-hybridized carbons (Fsp3) is 0.154. The summed E-state index contributed by atoms with van der Waals surface area (Å²) in [7, 11) is 0. The van der Waals surface area contributed by atoms with Gasteiger partial charge in [-0.05, 0) is 6.07 Å². The van der Waals surface area contributed by atoms with Gasteiger partial charge in [-0.2, -0.15) is 13.2 Å². The number of carbonyl (C=O) groups excluding carboxylic acids is 1. The Hall–Kier alpha value is -3.22. The molecule has 0 saturated carbocycles. The molecular formula is C13H7F3N4O5S. The molecule has 9 nitrogen and oxygen atoms in total. The molecule has 13 heteroatoms. The van der Waals surface area contributed by atoms with Gasteiger partial charge in [-0.1, -0.05) is 0 Å². The lowest BCUT2D eigenvalue weighted by molar-refractivity contribution is -0.384. The molecule has 1 N–H and O–H groups in total. The molecule has 0 atom stereocenters. The quantitative estimate of drug-likeness (QED) is 0.542. The molecule has 0 aliphatic heterocycles. The number of rotatable bonds is 4. The predicted octanol–water partition coefficient (Wildman–Crippen LogP) is 2.62. The van der Waals surface area contributed by atoms with Crippen molar-refractivity contribution >= 4 is 39.2 Å². The molecule has 3 aromatic rings. The van der Waals surface area contributed by atoms with Crippen LogP contribution in [0.3, 0.4) is 0 Å². The zero-order valence-electron chi connectivity index (χ0n) is 12.4. The van der Waals surface area contributed by atoms with Gasteiger partial charge in [0.25, 0.3) is 5.69 Å². The Balaban J connectivity index is 1.81. The zero-order valence-corrected chi connectivity index (χ0v) is 13.3. The number of nitrogens with zero attached hydrogens (tertiary/aromatic N) is 3. The third-order valence-electron chi connectivity index (χ3n) is 3.21. The number of nitrogens with one attached hydrogen (secondary N) is 1. The van der Waals surface area contributed by atoms with Gasteiger partial charge in [-0.3, -0.25) is 19.5 Å². The van der Waals surface area contributed by atoms with Gasteiger partial charge in [-0.15, -0.1) is 11.3 Å². The highest BCUT2D eigenvalue weighted by molar-refractivity contribution is 7.13. The Bertz CT molecular complexity index is 1070. The minimum absolute atomic E-state index is 0.0920. The topological polar surface area (TPSA) is 120 Å². The van der Waals surface area contributed by atoms with E-state index in [0.717, 1.165) is 22.1 Å². The van der Waals surface area contributed by atoms with Crippen LogP contribution in [0.4, 0.5) is 24.0 Å². The monoisotopic (exact) mass is 388 g/mol. The molecule has 0 saturated heterocycles. The van der Waals surface area contributed by atoms with Crippen molar-refractivity contribution in [3.8, 4) is 0 Å². The first-order valence-electron chi connectivity index (χ1n) is 6.75. The van der Waals surface area contributed by atoms with Gasteiger partial charge in [0.2, 0.25) is 5.91 Å². The van der Waals surface area contributed by atoms with Gasteiger partial charge in [-0.25, -0.2) is 9.78 Å². The third kappa shape index (κ3) is 3.42. The number of alkyl halides is 3. The van der Waals surface area contributed by atoms with Gasteiger partial charge in [0, 0.05) is 11.4 Å². The molecule has 0 unspecified atom stereocenters. The Morgan fingerprint density at radius 1 is 1.42 bits per heavy atom. The average Bonchev–Trinajstić information content (AvgIpc) is 3.12. The van der Waals surface area contributed by atoms with Crippen LogP contribution in [0.25, 0.3) is 11.1 Å². The van der Waals surface area contributed by atoms with E-state index in [1.165, 1.54) is 6.07 Å². The largest absolute Gasteiger partial charge is 0.434 e. The molecule has 136 valence electrons. The summed E-state index contributed by atoms with van der Waals surface area (Å²) in [5, 5.41) is 13.3. The second-order valence-electron chi connectivity index (χ2n) is 4.95. The van der Waals surface area contributed by atoms with Crippen LogP contribution in [0.15, 0.2) is 32.8 Å². The molecule has 0 bridgehead atoms. The number of hydrogen-bond donors (Lipinski definition) is 1. The first-order valence-corrected chi connectivity index (χ1v) is 7.63. The molecule has 0 aliphatic carbocycles. The van der Waals surface area contributed by atoms with Crippen LogP contribution in [0.2, 0.25) is 0 Å². The number of anilines is 1. The van der Waals surface area contributed by atoms with Crippen molar-refractivity contribution in [2.24, 2.45) is 0 Å². The van der Waals surface area contributed by atoms with E-state index in [1.54, 1.807) is 0 Å². The van der Waals surface area contributed by atoms with E-state index in [0.29, 0.717) is 11.3 Å². The maximum atomic E-state index is 12.5. The van der Waals surface area contributed by atoms with Crippen LogP contribution in [0.1, 0.15) is 5.69 Å². The molecule has 0 radical (unpaired) electrons. The summed E-state index contributed by atoms with van der Waals surface area (Å²) >= 11 is 0.582. The molecule has 2 heterocycles. The Kier molecular flexibility index (Phi) is 4.23. The number of thiazole rings is 1. The van der Waals surface area contributed by atoms with Crippen LogP contribution < -0.4 is 11.1 Å². The first kappa shape index (κ1) is 17.6. The zero-order chi connectivity index (χ0) is 19.1. The molecule has 3 rings (SSSR count). The molecule has 0 spiro atoms. The lowest BCUT2D eigenvalue weighted by Crippen LogP contribution is -2.24. The number of fused-ring (bicyclic) bond motifs is 1. The predicted molar refractivity (Wildman–Crippen MR) is 82.9 cm³/mol.